The van der Waals surface area contributed by atoms with E-state index in [1.54, 1.807) is 12.1 Å². The van der Waals surface area contributed by atoms with Crippen LogP contribution in [0.15, 0.2) is 48.5 Å². The van der Waals surface area contributed by atoms with Gasteiger partial charge in [0.1, 0.15) is 5.82 Å². The molecule has 0 radical (unpaired) electrons. The Morgan fingerprint density at radius 2 is 1.50 bits per heavy atom. The van der Waals surface area contributed by atoms with Crippen molar-refractivity contribution >= 4 is 11.6 Å². The van der Waals surface area contributed by atoms with Crippen molar-refractivity contribution < 1.29 is 4.39 Å². The Bertz CT molecular complexity index is 513. The van der Waals surface area contributed by atoms with Gasteiger partial charge >= 0.3 is 0 Å². The topological polar surface area (TPSA) is 12.0 Å². The molecule has 0 unspecified atom stereocenters. The fraction of sp³-hybridized carbons (Fsp3) is 0.200. The third-order valence-electron chi connectivity index (χ3n) is 2.69. The predicted octanol–water partition coefficient (Wildman–Crippen LogP) is 3.85. The first kappa shape index (κ1) is 13.1. The van der Waals surface area contributed by atoms with Crippen LogP contribution in [0.3, 0.4) is 0 Å². The van der Waals surface area contributed by atoms with E-state index in [1.165, 1.54) is 11.6 Å². The summed E-state index contributed by atoms with van der Waals surface area (Å²) in [6, 6.07) is 14.8. The summed E-state index contributed by atoms with van der Waals surface area (Å²) >= 11 is 5.78. The van der Waals surface area contributed by atoms with Crippen LogP contribution in [0.1, 0.15) is 16.7 Å². The SMILES string of the molecule is Fc1cccc(CNCc2cccc(CCl)c2)c1. The first-order valence-electron chi connectivity index (χ1n) is 5.87. The van der Waals surface area contributed by atoms with Crippen molar-refractivity contribution in [3.63, 3.8) is 0 Å². The van der Waals surface area contributed by atoms with Crippen LogP contribution < -0.4 is 5.32 Å². The summed E-state index contributed by atoms with van der Waals surface area (Å²) in [7, 11) is 0. The highest BCUT2D eigenvalue weighted by molar-refractivity contribution is 6.17. The third-order valence-corrected chi connectivity index (χ3v) is 3.00. The molecule has 1 nitrogen and oxygen atoms in total. The first-order valence-corrected chi connectivity index (χ1v) is 6.40. The predicted molar refractivity (Wildman–Crippen MR) is 72.9 cm³/mol. The molecule has 0 saturated carbocycles. The summed E-state index contributed by atoms with van der Waals surface area (Å²) in [5, 5.41) is 3.29. The van der Waals surface area contributed by atoms with Crippen molar-refractivity contribution in [3.8, 4) is 0 Å². The van der Waals surface area contributed by atoms with Gasteiger partial charge in [-0.2, -0.15) is 0 Å². The van der Waals surface area contributed by atoms with E-state index in [0.717, 1.165) is 17.7 Å². The van der Waals surface area contributed by atoms with Crippen molar-refractivity contribution in [2.24, 2.45) is 0 Å². The molecule has 0 atom stereocenters. The molecule has 0 aliphatic carbocycles. The van der Waals surface area contributed by atoms with E-state index >= 15 is 0 Å². The molecule has 0 spiro atoms. The molecule has 18 heavy (non-hydrogen) atoms. The first-order chi connectivity index (χ1) is 8.78. The fourth-order valence-electron chi connectivity index (χ4n) is 1.82. The van der Waals surface area contributed by atoms with E-state index in [9.17, 15) is 4.39 Å². The average Bonchev–Trinajstić information content (AvgIpc) is 2.39. The van der Waals surface area contributed by atoms with Gasteiger partial charge in [0.2, 0.25) is 0 Å². The van der Waals surface area contributed by atoms with E-state index in [-0.39, 0.29) is 5.82 Å². The summed E-state index contributed by atoms with van der Waals surface area (Å²) in [6.07, 6.45) is 0. The molecular weight excluding hydrogens is 249 g/mol. The van der Waals surface area contributed by atoms with Gasteiger partial charge in [0.05, 0.1) is 0 Å². The average molecular weight is 264 g/mol. The Balaban J connectivity index is 1.88. The van der Waals surface area contributed by atoms with Crippen LogP contribution in [0.2, 0.25) is 0 Å². The minimum absolute atomic E-state index is 0.196. The molecule has 1 N–H and O–H groups in total. The minimum atomic E-state index is -0.196. The third kappa shape index (κ3) is 3.83. The molecule has 3 heteroatoms. The lowest BCUT2D eigenvalue weighted by Gasteiger charge is -2.06. The van der Waals surface area contributed by atoms with Crippen LogP contribution in [0.25, 0.3) is 0 Å². The Hall–Kier alpha value is -1.38. The summed E-state index contributed by atoms with van der Waals surface area (Å²) in [6.45, 7) is 1.41. The summed E-state index contributed by atoms with van der Waals surface area (Å²) in [4.78, 5) is 0. The van der Waals surface area contributed by atoms with Gasteiger partial charge in [-0.3, -0.25) is 0 Å². The monoisotopic (exact) mass is 263 g/mol. The van der Waals surface area contributed by atoms with Gasteiger partial charge in [-0.25, -0.2) is 4.39 Å². The van der Waals surface area contributed by atoms with Gasteiger partial charge in [0.25, 0.3) is 0 Å². The van der Waals surface area contributed by atoms with Crippen molar-refractivity contribution in [1.29, 1.82) is 0 Å². The van der Waals surface area contributed by atoms with Gasteiger partial charge in [0, 0.05) is 19.0 Å². The molecule has 0 aliphatic heterocycles. The quantitative estimate of drug-likeness (QED) is 0.808. The van der Waals surface area contributed by atoms with E-state index in [1.807, 2.05) is 18.2 Å². The second-order valence-electron chi connectivity index (χ2n) is 4.19. The molecule has 94 valence electrons. The van der Waals surface area contributed by atoms with Crippen LogP contribution in [-0.4, -0.2) is 0 Å². The van der Waals surface area contributed by atoms with Crippen LogP contribution in [0.5, 0.6) is 0 Å². The molecular formula is C15H15ClFN. The standard InChI is InChI=1S/C15H15ClFN/c16-9-12-3-1-4-13(7-12)10-18-11-14-5-2-6-15(17)8-14/h1-8,18H,9-11H2. The lowest BCUT2D eigenvalue weighted by Crippen LogP contribution is -2.12. The minimum Gasteiger partial charge on any atom is -0.309 e. The number of nitrogens with one attached hydrogen (secondary N) is 1. The number of halogens is 2. The normalized spacial score (nSPS) is 10.6. The van der Waals surface area contributed by atoms with E-state index in [4.69, 9.17) is 11.6 Å². The Morgan fingerprint density at radius 1 is 0.889 bits per heavy atom. The summed E-state index contributed by atoms with van der Waals surface area (Å²) < 4.78 is 13.0. The molecule has 2 aromatic rings. The molecule has 0 aromatic heterocycles. The molecule has 2 rings (SSSR count). The maximum Gasteiger partial charge on any atom is 0.123 e. The largest absolute Gasteiger partial charge is 0.309 e. The molecule has 0 aliphatic rings. The highest BCUT2D eigenvalue weighted by atomic mass is 35.5. The van der Waals surface area contributed by atoms with Gasteiger partial charge in [0.15, 0.2) is 0 Å². The number of alkyl halides is 1. The molecule has 2 aromatic carbocycles. The lowest BCUT2D eigenvalue weighted by atomic mass is 10.1. The van der Waals surface area contributed by atoms with E-state index < -0.39 is 0 Å². The van der Waals surface area contributed by atoms with Crippen molar-refractivity contribution in [2.75, 3.05) is 0 Å². The van der Waals surface area contributed by atoms with Gasteiger partial charge < -0.3 is 5.32 Å². The highest BCUT2D eigenvalue weighted by Gasteiger charge is 1.97. The van der Waals surface area contributed by atoms with Crippen LogP contribution in [0.4, 0.5) is 4.39 Å². The number of hydrogen-bond acceptors (Lipinski definition) is 1. The van der Waals surface area contributed by atoms with Crippen LogP contribution in [0, 0.1) is 5.82 Å². The maximum atomic E-state index is 13.0. The van der Waals surface area contributed by atoms with Gasteiger partial charge in [-0.1, -0.05) is 36.4 Å². The molecule has 0 fully saturated rings. The zero-order chi connectivity index (χ0) is 12.8. The van der Waals surface area contributed by atoms with Crippen LogP contribution in [-0.2, 0) is 19.0 Å². The fourth-order valence-corrected chi connectivity index (χ4v) is 1.99. The second-order valence-corrected chi connectivity index (χ2v) is 4.45. The number of hydrogen-bond donors (Lipinski definition) is 1. The smallest absolute Gasteiger partial charge is 0.123 e. The van der Waals surface area contributed by atoms with Crippen molar-refractivity contribution in [2.45, 2.75) is 19.0 Å². The summed E-state index contributed by atoms with van der Waals surface area (Å²) in [5.74, 6) is 0.330. The van der Waals surface area contributed by atoms with Crippen molar-refractivity contribution in [1.82, 2.24) is 5.32 Å². The maximum absolute atomic E-state index is 13.0. The summed E-state index contributed by atoms with van der Waals surface area (Å²) in [5.41, 5.74) is 3.25. The molecule has 0 amide bonds. The second kappa shape index (κ2) is 6.53. The highest BCUT2D eigenvalue weighted by Crippen LogP contribution is 2.08. The molecule has 0 bridgehead atoms. The van der Waals surface area contributed by atoms with E-state index in [0.29, 0.717) is 12.4 Å². The zero-order valence-electron chi connectivity index (χ0n) is 10.00. The molecule has 0 heterocycles. The Morgan fingerprint density at radius 3 is 2.17 bits per heavy atom. The number of benzene rings is 2. The zero-order valence-corrected chi connectivity index (χ0v) is 10.8. The van der Waals surface area contributed by atoms with Gasteiger partial charge in [-0.05, 0) is 28.8 Å². The van der Waals surface area contributed by atoms with Crippen molar-refractivity contribution in [3.05, 3.63) is 71.0 Å². The Kier molecular flexibility index (Phi) is 4.73. The lowest BCUT2D eigenvalue weighted by molar-refractivity contribution is 0.620. The van der Waals surface area contributed by atoms with Gasteiger partial charge in [-0.15, -0.1) is 11.6 Å². The molecule has 0 saturated heterocycles. The Labute approximate surface area is 112 Å². The van der Waals surface area contributed by atoms with E-state index in [2.05, 4.69) is 17.4 Å². The van der Waals surface area contributed by atoms with Crippen LogP contribution >= 0.6 is 11.6 Å². The number of rotatable bonds is 5.